The van der Waals surface area contributed by atoms with Gasteiger partial charge in [-0.3, -0.25) is 4.99 Å². The molecule has 3 aromatic rings. The molecule has 0 saturated heterocycles. The number of aryl methyl sites for hydroxylation is 1. The normalized spacial score (nSPS) is 12.2. The van der Waals surface area contributed by atoms with Crippen molar-refractivity contribution in [3.05, 3.63) is 59.3 Å². The fourth-order valence-electron chi connectivity index (χ4n) is 3.61. The molecule has 0 aliphatic heterocycles. The Morgan fingerprint density at radius 2 is 1.78 bits per heavy atom. The number of aromatic nitrogens is 1. The molecule has 1 aromatic heterocycles. The number of rotatable bonds is 9. The number of para-hydroxylation sites is 1. The third-order valence-corrected chi connectivity index (χ3v) is 5.22. The van der Waals surface area contributed by atoms with Crippen molar-refractivity contribution in [1.29, 1.82) is 0 Å². The highest BCUT2D eigenvalue weighted by molar-refractivity contribution is 14.0. The fraction of sp³-hybridized carbons (Fsp3) is 0.375. The number of nitrogens with one attached hydrogen (secondary N) is 3. The van der Waals surface area contributed by atoms with Crippen LogP contribution in [0.3, 0.4) is 0 Å². The lowest BCUT2D eigenvalue weighted by Crippen LogP contribution is -2.38. The number of fused-ring (bicyclic) bond motifs is 1. The molecule has 7 nitrogen and oxygen atoms in total. The molecule has 0 aliphatic carbocycles. The van der Waals surface area contributed by atoms with Gasteiger partial charge in [-0.25, -0.2) is 0 Å². The first-order chi connectivity index (χ1) is 15.0. The van der Waals surface area contributed by atoms with Crippen molar-refractivity contribution in [3.8, 4) is 11.5 Å². The van der Waals surface area contributed by atoms with Gasteiger partial charge in [0, 0.05) is 35.8 Å². The molecule has 8 heteroatoms. The van der Waals surface area contributed by atoms with Crippen molar-refractivity contribution in [2.24, 2.45) is 4.99 Å². The number of ether oxygens (including phenoxy) is 2. The molecule has 2 aromatic carbocycles. The molecule has 0 saturated carbocycles. The number of aliphatic hydroxyl groups is 1. The van der Waals surface area contributed by atoms with Gasteiger partial charge in [-0.15, -0.1) is 24.0 Å². The largest absolute Gasteiger partial charge is 0.497 e. The highest BCUT2D eigenvalue weighted by Gasteiger charge is 2.12. The molecular weight excluding hydrogens is 519 g/mol. The van der Waals surface area contributed by atoms with Crippen molar-refractivity contribution in [2.45, 2.75) is 26.4 Å². The quantitative estimate of drug-likeness (QED) is 0.184. The topological polar surface area (TPSA) is 90.9 Å². The summed E-state index contributed by atoms with van der Waals surface area (Å²) in [4.78, 5) is 8.00. The average molecular weight is 552 g/mol. The maximum atomic E-state index is 10.6. The van der Waals surface area contributed by atoms with Crippen molar-refractivity contribution < 1.29 is 14.6 Å². The highest BCUT2D eigenvalue weighted by atomic mass is 127. The van der Waals surface area contributed by atoms with Gasteiger partial charge in [0.25, 0.3) is 0 Å². The van der Waals surface area contributed by atoms with Gasteiger partial charge in [0.15, 0.2) is 5.96 Å². The molecule has 0 spiro atoms. The lowest BCUT2D eigenvalue weighted by Gasteiger charge is -2.15. The first-order valence-electron chi connectivity index (χ1n) is 10.5. The number of aliphatic hydroxyl groups excluding tert-OH is 1. The molecule has 0 aliphatic rings. The van der Waals surface area contributed by atoms with Gasteiger partial charge in [-0.05, 0) is 49.6 Å². The average Bonchev–Trinajstić information content (AvgIpc) is 3.11. The van der Waals surface area contributed by atoms with Gasteiger partial charge in [0.1, 0.15) is 11.5 Å². The Balaban J connectivity index is 0.00000363. The third-order valence-electron chi connectivity index (χ3n) is 5.22. The molecule has 0 bridgehead atoms. The summed E-state index contributed by atoms with van der Waals surface area (Å²) in [7, 11) is 3.18. The zero-order valence-corrected chi connectivity index (χ0v) is 21.4. The van der Waals surface area contributed by atoms with E-state index in [2.05, 4.69) is 45.7 Å². The van der Waals surface area contributed by atoms with Crippen molar-refractivity contribution in [1.82, 2.24) is 15.6 Å². The zero-order valence-electron chi connectivity index (χ0n) is 19.1. The molecular formula is C24H33IN4O3. The zero-order chi connectivity index (χ0) is 22.2. The molecule has 1 heterocycles. The molecule has 0 radical (unpaired) electrons. The summed E-state index contributed by atoms with van der Waals surface area (Å²) >= 11 is 0. The van der Waals surface area contributed by atoms with Crippen LogP contribution in [0.1, 0.15) is 29.8 Å². The summed E-state index contributed by atoms with van der Waals surface area (Å²) in [6, 6.07) is 13.7. The third kappa shape index (κ3) is 6.52. The summed E-state index contributed by atoms with van der Waals surface area (Å²) in [5.74, 6) is 1.95. The Labute approximate surface area is 206 Å². The van der Waals surface area contributed by atoms with Crippen LogP contribution in [0.2, 0.25) is 0 Å². The van der Waals surface area contributed by atoms with E-state index in [1.807, 2.05) is 13.0 Å². The van der Waals surface area contributed by atoms with E-state index in [4.69, 9.17) is 9.47 Å². The van der Waals surface area contributed by atoms with E-state index in [0.717, 1.165) is 25.0 Å². The molecule has 4 N–H and O–H groups in total. The van der Waals surface area contributed by atoms with Crippen molar-refractivity contribution in [2.75, 3.05) is 33.9 Å². The molecule has 0 amide bonds. The van der Waals surface area contributed by atoms with Crippen LogP contribution in [0, 0.1) is 6.92 Å². The van der Waals surface area contributed by atoms with Gasteiger partial charge < -0.3 is 30.2 Å². The number of H-pyrrole nitrogens is 1. The number of aliphatic imine (C=N–C) groups is 1. The Morgan fingerprint density at radius 3 is 2.44 bits per heavy atom. The number of guanidine groups is 1. The minimum absolute atomic E-state index is 0. The van der Waals surface area contributed by atoms with E-state index in [1.54, 1.807) is 32.4 Å². The van der Waals surface area contributed by atoms with Crippen LogP contribution in [0.5, 0.6) is 11.5 Å². The second-order valence-electron chi connectivity index (χ2n) is 7.33. The van der Waals surface area contributed by atoms with Crippen LogP contribution in [0.15, 0.2) is 47.5 Å². The van der Waals surface area contributed by atoms with E-state index in [9.17, 15) is 5.11 Å². The van der Waals surface area contributed by atoms with E-state index < -0.39 is 6.10 Å². The van der Waals surface area contributed by atoms with E-state index in [-0.39, 0.29) is 30.5 Å². The predicted molar refractivity (Wildman–Crippen MR) is 141 cm³/mol. The number of hydrogen-bond donors (Lipinski definition) is 4. The first kappa shape index (κ1) is 25.8. The molecule has 1 atom stereocenters. The second kappa shape index (κ2) is 12.5. The maximum absolute atomic E-state index is 10.6. The summed E-state index contributed by atoms with van der Waals surface area (Å²) in [6.45, 7) is 5.81. The summed E-state index contributed by atoms with van der Waals surface area (Å²) in [6.07, 6.45) is 0.103. The highest BCUT2D eigenvalue weighted by Crippen LogP contribution is 2.26. The summed E-state index contributed by atoms with van der Waals surface area (Å²) < 4.78 is 10.6. The Bertz CT molecular complexity index is 1010. The van der Waals surface area contributed by atoms with Crippen LogP contribution in [0.25, 0.3) is 10.9 Å². The standard InChI is InChI=1S/C24H32N4O3.HI/c1-5-25-24(26-11-10-20-16(2)28-22-9-7-6-8-21(20)22)27-15-23(29)17-12-18(30-3)14-19(13-17)31-4;/h6-9,12-14,23,28-29H,5,10-11,15H2,1-4H3,(H2,25,26,27);1H. The van der Waals surface area contributed by atoms with E-state index in [1.165, 1.54) is 16.6 Å². The summed E-state index contributed by atoms with van der Waals surface area (Å²) in [5.41, 5.74) is 4.35. The minimum Gasteiger partial charge on any atom is -0.497 e. The molecule has 0 fully saturated rings. The number of halogens is 1. The number of methoxy groups -OCH3 is 2. The van der Waals surface area contributed by atoms with Crippen molar-refractivity contribution in [3.63, 3.8) is 0 Å². The lowest BCUT2D eigenvalue weighted by atomic mass is 10.1. The smallest absolute Gasteiger partial charge is 0.191 e. The van der Waals surface area contributed by atoms with Crippen LogP contribution < -0.4 is 20.1 Å². The number of benzene rings is 2. The number of aromatic amines is 1. The van der Waals surface area contributed by atoms with E-state index >= 15 is 0 Å². The van der Waals surface area contributed by atoms with Gasteiger partial charge in [0.05, 0.1) is 26.9 Å². The summed E-state index contributed by atoms with van der Waals surface area (Å²) in [5, 5.41) is 18.5. The van der Waals surface area contributed by atoms with Crippen molar-refractivity contribution >= 4 is 40.8 Å². The van der Waals surface area contributed by atoms with Crippen LogP contribution >= 0.6 is 24.0 Å². The fourth-order valence-corrected chi connectivity index (χ4v) is 3.61. The Morgan fingerprint density at radius 1 is 1.09 bits per heavy atom. The minimum atomic E-state index is -0.768. The van der Waals surface area contributed by atoms with Crippen LogP contribution in [-0.4, -0.2) is 49.9 Å². The van der Waals surface area contributed by atoms with Gasteiger partial charge in [0.2, 0.25) is 0 Å². The van der Waals surface area contributed by atoms with Crippen LogP contribution in [-0.2, 0) is 6.42 Å². The van der Waals surface area contributed by atoms with Crippen LogP contribution in [0.4, 0.5) is 0 Å². The lowest BCUT2D eigenvalue weighted by molar-refractivity contribution is 0.186. The second-order valence-corrected chi connectivity index (χ2v) is 7.33. The molecule has 174 valence electrons. The monoisotopic (exact) mass is 552 g/mol. The SMILES string of the molecule is CCNC(=NCC(O)c1cc(OC)cc(OC)c1)NCCc1c(C)[nH]c2ccccc12.I. The first-order valence-corrected chi connectivity index (χ1v) is 10.5. The molecule has 32 heavy (non-hydrogen) atoms. The van der Waals surface area contributed by atoms with E-state index in [0.29, 0.717) is 23.0 Å². The maximum Gasteiger partial charge on any atom is 0.191 e. The number of hydrogen-bond acceptors (Lipinski definition) is 4. The molecule has 3 rings (SSSR count). The van der Waals surface area contributed by atoms with Gasteiger partial charge in [-0.2, -0.15) is 0 Å². The number of nitrogens with zero attached hydrogens (tertiary/aromatic N) is 1. The Hall–Kier alpha value is -2.46. The predicted octanol–water partition coefficient (Wildman–Crippen LogP) is 3.94. The van der Waals surface area contributed by atoms with Gasteiger partial charge in [-0.1, -0.05) is 18.2 Å². The van der Waals surface area contributed by atoms with Gasteiger partial charge >= 0.3 is 0 Å². The Kier molecular flexibility index (Phi) is 10.1. The molecule has 1 unspecified atom stereocenters.